The number of fused-ring (bicyclic) bond motifs is 1. The average Bonchev–Trinajstić information content (AvgIpc) is 1.64. The number of likely N-dealkylation sites (tertiary alicyclic amines) is 1. The van der Waals surface area contributed by atoms with Gasteiger partial charge >= 0.3 is 17.9 Å². The summed E-state index contributed by atoms with van der Waals surface area (Å²) < 4.78 is 0. The lowest BCUT2D eigenvalue weighted by Crippen LogP contribution is -2.52. The highest BCUT2D eigenvalue weighted by molar-refractivity contribution is 8.00. The third kappa shape index (κ3) is 39.9. The lowest BCUT2D eigenvalue weighted by atomic mass is 9.81. The number of aromatic hydroxyl groups is 1. The van der Waals surface area contributed by atoms with E-state index in [1.165, 1.54) is 29.2 Å². The number of carbonyl (C=O) groups excluding carboxylic acids is 17. The van der Waals surface area contributed by atoms with Crippen molar-refractivity contribution in [1.82, 2.24) is 42.1 Å². The van der Waals surface area contributed by atoms with E-state index < -0.39 is 279 Å². The monoisotopic (exact) mass is 1860 g/mol. The van der Waals surface area contributed by atoms with Gasteiger partial charge in [0, 0.05) is 82.2 Å². The third-order valence-electron chi connectivity index (χ3n) is 23.8. The number of aliphatic carboxylic acids is 3. The number of hydrogen-bond acceptors (Lipinski definition) is 27. The molecule has 1 aliphatic heterocycles. The van der Waals surface area contributed by atoms with Crippen LogP contribution in [0, 0.1) is 71.0 Å². The molecule has 0 unspecified atom stereocenters. The first kappa shape index (κ1) is 113. The lowest BCUT2D eigenvalue weighted by molar-refractivity contribution is -0.143. The van der Waals surface area contributed by atoms with Gasteiger partial charge in [0.2, 0.25) is 53.2 Å². The van der Waals surface area contributed by atoms with Crippen LogP contribution in [-0.4, -0.2) is 256 Å². The minimum Gasteiger partial charge on any atom is -0.508 e. The van der Waals surface area contributed by atoms with E-state index in [9.17, 15) is 137 Å². The average molecular weight is 1860 g/mol. The normalized spacial score (nSPS) is 17.4. The number of nitrogens with one attached hydrogen (secondary N) is 7. The number of carbonyl (C=O) groups is 20. The molecule has 17 N–H and O–H groups in total. The topological polar surface area (TPSA) is 617 Å². The number of unbranched alkanes of at least 4 members (excludes halogenated alkanes) is 1. The van der Waals surface area contributed by atoms with E-state index in [0.717, 1.165) is 38.5 Å². The number of aliphatic hydroxyl groups is 4. The van der Waals surface area contributed by atoms with Gasteiger partial charge in [-0.3, -0.25) is 101 Å². The molecular weight excluding hydrogens is 1720 g/mol. The summed E-state index contributed by atoms with van der Waals surface area (Å²) in [6.07, 6.45) is -6.18. The van der Waals surface area contributed by atoms with Crippen molar-refractivity contribution < 1.29 is 137 Å². The van der Waals surface area contributed by atoms with Crippen LogP contribution in [0.15, 0.2) is 54.6 Å². The molecule has 131 heavy (non-hydrogen) atoms. The van der Waals surface area contributed by atoms with Crippen molar-refractivity contribution in [2.75, 3.05) is 44.4 Å². The predicted octanol–water partition coefficient (Wildman–Crippen LogP) is 3.34. The maximum absolute atomic E-state index is 14.8. The summed E-state index contributed by atoms with van der Waals surface area (Å²) in [7, 11) is 0. The molecule has 0 aromatic heterocycles. The van der Waals surface area contributed by atoms with Gasteiger partial charge in [-0.15, -0.1) is 11.8 Å². The molecule has 18 atom stereocenters. The van der Waals surface area contributed by atoms with Crippen LogP contribution in [0.25, 0.3) is 0 Å². The van der Waals surface area contributed by atoms with Gasteiger partial charge < -0.3 is 83.8 Å². The van der Waals surface area contributed by atoms with Gasteiger partial charge in [-0.05, 0) is 133 Å². The lowest BCUT2D eigenvalue weighted by Gasteiger charge is -2.29. The fourth-order valence-corrected chi connectivity index (χ4v) is 16.9. The molecule has 2 aromatic rings. The van der Waals surface area contributed by atoms with E-state index in [4.69, 9.17) is 5.73 Å². The number of aliphatic hydroxyl groups excluding tert-OH is 4. The molecule has 2 aromatic carbocycles. The third-order valence-corrected chi connectivity index (χ3v) is 24.9. The van der Waals surface area contributed by atoms with Gasteiger partial charge in [-0.1, -0.05) is 110 Å². The van der Waals surface area contributed by atoms with Crippen molar-refractivity contribution in [2.45, 2.75) is 271 Å². The fourth-order valence-electron chi connectivity index (χ4n) is 16.1. The Morgan fingerprint density at radius 2 is 0.924 bits per heavy atom. The Balaban J connectivity index is 1.46. The minimum absolute atomic E-state index is 0.0340. The number of carboxylic acids is 3. The molecule has 0 spiro atoms. The van der Waals surface area contributed by atoms with Crippen molar-refractivity contribution in [1.29, 1.82) is 0 Å². The molecule has 2 aliphatic rings. The number of thioether (sulfide) groups is 1. The maximum Gasteiger partial charge on any atom is 0.304 e. The van der Waals surface area contributed by atoms with E-state index >= 15 is 0 Å². The summed E-state index contributed by atoms with van der Waals surface area (Å²) in [5.41, 5.74) is 6.53. The molecule has 0 bridgehead atoms. The Hall–Kier alpha value is -10.4. The quantitative estimate of drug-likeness (QED) is 0.0333. The number of amides is 9. The number of Topliss-reactive ketones (excluding diaryl/α,β-unsaturated/α-hetero) is 8. The first-order valence-electron chi connectivity index (χ1n) is 45.3. The van der Waals surface area contributed by atoms with Gasteiger partial charge in [0.15, 0.2) is 34.7 Å². The number of carboxylic acid groups (broad SMARTS) is 3. The molecule has 1 aliphatic carbocycles. The van der Waals surface area contributed by atoms with Crippen molar-refractivity contribution in [3.8, 4) is 5.75 Å². The molecule has 0 radical (unpaired) electrons. The largest absolute Gasteiger partial charge is 0.508 e. The Morgan fingerprint density at radius 3 is 1.43 bits per heavy atom. The van der Waals surface area contributed by atoms with E-state index in [-0.39, 0.29) is 117 Å². The molecule has 38 heteroatoms. The van der Waals surface area contributed by atoms with Crippen LogP contribution in [0.5, 0.6) is 5.75 Å². The number of imide groups is 1. The number of ketones is 8. The number of phenolic OH excluding ortho intramolecular Hbond substituents is 1. The van der Waals surface area contributed by atoms with Gasteiger partial charge in [-0.2, -0.15) is 0 Å². The number of phenols is 1. The fraction of sp³-hybridized carbons (Fsp3) is 0.656. The van der Waals surface area contributed by atoms with E-state index in [2.05, 4.69) is 37.2 Å². The number of benzene rings is 2. The summed E-state index contributed by atoms with van der Waals surface area (Å²) in [6.45, 7) is 11.7. The zero-order chi connectivity index (χ0) is 98.1. The zero-order valence-corrected chi connectivity index (χ0v) is 77.4. The zero-order valence-electron chi connectivity index (χ0n) is 76.5. The number of hydrogen-bond donors (Lipinski definition) is 16. The predicted molar refractivity (Wildman–Crippen MR) is 478 cm³/mol. The first-order valence-corrected chi connectivity index (χ1v) is 46.4. The summed E-state index contributed by atoms with van der Waals surface area (Å²) in [6, 6.07) is 5.64. The Bertz CT molecular complexity index is 4210. The van der Waals surface area contributed by atoms with Crippen molar-refractivity contribution in [3.63, 3.8) is 0 Å². The smallest absolute Gasteiger partial charge is 0.304 e. The Kier molecular flexibility index (Phi) is 49.8. The molecule has 1 heterocycles. The second-order valence-corrected chi connectivity index (χ2v) is 36.8. The second kappa shape index (κ2) is 57.8. The highest BCUT2D eigenvalue weighted by atomic mass is 32.2. The van der Waals surface area contributed by atoms with Crippen LogP contribution in [0.2, 0.25) is 0 Å². The van der Waals surface area contributed by atoms with Gasteiger partial charge in [0.25, 0.3) is 0 Å². The first-order chi connectivity index (χ1) is 61.8. The SMILES string of the molecule is CC[C@H](C)[C@H](NC(=O)[C@H](CO)CC(=O)[C@H](CC(C)C)NC(=O)[C@H](CC(=O)O)CC(=O)[C@H](CO)NC(=O)[C@@H](CC(=O)[C@H](Cc1ccccc1)NC(=O)[C@@H](CC(=O)CNC(=O)[C@H](CCC(=O)O)CC(=O)CSCC(=O)CCCN1C(=O)[C@H]2CCCC[C@H]2C1=O)[C@@H](C)O)[C@@H](C)O)C(=O)C[C@@H](Cc1ccc(O)cc1)C(=O)N[C@@H](CC(C)C)C(=O)C[C@@H](CC(=O)O)C(=O)N[C@H](C)CCCCN. The molecule has 728 valence electrons. The Morgan fingerprint density at radius 1 is 0.450 bits per heavy atom. The van der Waals surface area contributed by atoms with E-state index in [0.29, 0.717) is 49.8 Å². The van der Waals surface area contributed by atoms with Crippen molar-refractivity contribution >= 4 is 129 Å². The van der Waals surface area contributed by atoms with E-state index in [1.807, 2.05) is 0 Å². The molecule has 9 amide bonds. The highest BCUT2D eigenvalue weighted by Crippen LogP contribution is 2.38. The van der Waals surface area contributed by atoms with Crippen LogP contribution in [0.1, 0.15) is 221 Å². The van der Waals surface area contributed by atoms with Gasteiger partial charge in [0.1, 0.15) is 23.4 Å². The van der Waals surface area contributed by atoms with E-state index in [1.54, 1.807) is 78.8 Å². The number of nitrogens with zero attached hydrogens (tertiary/aromatic N) is 1. The van der Waals surface area contributed by atoms with Crippen LogP contribution in [-0.2, 0) is 109 Å². The molecule has 4 rings (SSSR count). The molecule has 1 saturated carbocycles. The van der Waals surface area contributed by atoms with Gasteiger partial charge in [-0.25, -0.2) is 0 Å². The maximum atomic E-state index is 14.8. The Labute approximate surface area is 768 Å². The second-order valence-electron chi connectivity index (χ2n) is 35.8. The summed E-state index contributed by atoms with van der Waals surface area (Å²) in [5.74, 6) is -30.6. The standard InChI is InChI=1S/C93H137N9O28S/c1-10-53(6)84(80(115)40-60(35-58-25-28-64(107)29-26-58)87(124)97-72(33-51(2)3)76(111)38-61(42-82(118)119)86(123)96-54(7)19-16-17-31-94)101-89(126)63(47-103)41-77(112)73(34-52(4)5)98-88(125)62(43-83(120)121)39-78(113)75(48-104)100-91(128)71(56(9)106)45-79(114)74(36-57-20-12-11-13-21-57)99-90(127)70(55(8)105)44-66(109)46-95-85(122)59(27-30-81(116)117)37-67(110)50-131-49-65(108)22-18-32-102-92(129)68-23-14-15-24-69(68)93(102)130/h11-13,20-21,25-26,28-29,51-56,59-63,68-75,84,103-107H,10,14-19,22-24,27,30-50,94H2,1-9H3,(H,95,122)(H,96,123)(H,97,124)(H,98,125)(H,99,127)(H,100,128)(H,101,126)(H,116,117)(H,118,119)(H,120,121)/t53-,54+,55+,56+,59+,60+,61-,62-,63-,68-,69+,70-,71-,72-,73-,74-,75-,84-/m0/s1. The number of rotatable bonds is 67. The summed E-state index contributed by atoms with van der Waals surface area (Å²) in [4.78, 5) is 274. The van der Waals surface area contributed by atoms with Crippen LogP contribution in [0.4, 0.5) is 0 Å². The van der Waals surface area contributed by atoms with Crippen LogP contribution >= 0.6 is 11.8 Å². The molecule has 1 saturated heterocycles. The van der Waals surface area contributed by atoms with Crippen LogP contribution in [0.3, 0.4) is 0 Å². The van der Waals surface area contributed by atoms with Gasteiger partial charge in [0.05, 0.1) is 122 Å². The van der Waals surface area contributed by atoms with Crippen LogP contribution < -0.4 is 43.0 Å². The summed E-state index contributed by atoms with van der Waals surface area (Å²) >= 11 is 0.960. The van der Waals surface area contributed by atoms with Crippen molar-refractivity contribution in [3.05, 3.63) is 65.7 Å². The minimum atomic E-state index is -1.95. The molecule has 37 nitrogen and oxygen atoms in total. The number of nitrogens with two attached hydrogens (primary N) is 1. The molecular formula is C93H137N9O28S. The van der Waals surface area contributed by atoms with Crippen molar-refractivity contribution in [2.24, 2.45) is 76.7 Å². The molecule has 2 fully saturated rings. The summed E-state index contributed by atoms with van der Waals surface area (Å²) in [5, 5.41) is 101. The highest BCUT2D eigenvalue weighted by Gasteiger charge is 2.48.